The van der Waals surface area contributed by atoms with Crippen molar-refractivity contribution in [1.29, 1.82) is 0 Å². The lowest BCUT2D eigenvalue weighted by Crippen LogP contribution is -2.39. The first-order valence-corrected chi connectivity index (χ1v) is 12.9. The van der Waals surface area contributed by atoms with Gasteiger partial charge in [-0.3, -0.25) is 4.21 Å². The number of piperidine rings is 1. The van der Waals surface area contributed by atoms with Crippen molar-refractivity contribution >= 4 is 16.4 Å². The van der Waals surface area contributed by atoms with Gasteiger partial charge in [0, 0.05) is 58.6 Å². The smallest absolute Gasteiger partial charge is 0.162 e. The fraction of sp³-hybridized carbons (Fsp3) is 0.308. The fourth-order valence-electron chi connectivity index (χ4n) is 4.46. The number of aliphatic hydroxyl groups is 1. The largest absolute Gasteiger partial charge is 0.392 e. The number of likely N-dealkylation sites (tertiary alicyclic amines) is 1. The summed E-state index contributed by atoms with van der Waals surface area (Å²) in [6, 6.07) is 16.3. The van der Waals surface area contributed by atoms with Crippen LogP contribution in [0, 0.1) is 0 Å². The zero-order valence-electron chi connectivity index (χ0n) is 18.7. The van der Waals surface area contributed by atoms with Crippen molar-refractivity contribution in [2.45, 2.75) is 30.3 Å². The minimum atomic E-state index is -1.03. The number of fused-ring (bicyclic) bond motifs is 1. The molecule has 1 aliphatic rings. The molecule has 33 heavy (non-hydrogen) atoms. The highest BCUT2D eigenvalue weighted by atomic mass is 32.2. The van der Waals surface area contributed by atoms with Crippen molar-refractivity contribution in [2.24, 2.45) is 0 Å². The summed E-state index contributed by atoms with van der Waals surface area (Å²) in [5.74, 6) is 0. The molecule has 7 heteroatoms. The summed E-state index contributed by atoms with van der Waals surface area (Å²) in [6.45, 7) is 2.84. The molecular formula is C26H28N4O2S. The van der Waals surface area contributed by atoms with Crippen LogP contribution in [0.1, 0.15) is 18.4 Å². The molecule has 2 aromatic heterocycles. The summed E-state index contributed by atoms with van der Waals surface area (Å²) in [5, 5.41) is 14.4. The molecule has 1 fully saturated rings. The molecule has 4 aromatic rings. The summed E-state index contributed by atoms with van der Waals surface area (Å²) in [6.07, 6.45) is 10.2. The van der Waals surface area contributed by atoms with Gasteiger partial charge in [-0.1, -0.05) is 36.4 Å². The lowest BCUT2D eigenvalue weighted by atomic mass is 10.0. The van der Waals surface area contributed by atoms with Crippen LogP contribution >= 0.6 is 0 Å². The lowest BCUT2D eigenvalue weighted by molar-refractivity contribution is 0.0714. The molecule has 0 saturated carbocycles. The van der Waals surface area contributed by atoms with Crippen molar-refractivity contribution in [3.05, 3.63) is 72.7 Å². The number of hydrogen-bond donors (Lipinski definition) is 1. The Hall–Kier alpha value is -2.87. The van der Waals surface area contributed by atoms with Crippen molar-refractivity contribution in [2.75, 3.05) is 25.9 Å². The van der Waals surface area contributed by atoms with Gasteiger partial charge in [-0.2, -0.15) is 5.10 Å². The molecule has 0 spiro atoms. The standard InChI is InChI=1S/C26H28N4O2S/c1-33(32)24-6-2-4-21(14-24)25-16-28-30-17-22(15-27-26(25)30)20-9-7-19(8-10-20)11-13-29-12-3-5-23(31)18-29/h2,4,6-10,14-17,23,31H,3,5,11-13,18H2,1H3. The van der Waals surface area contributed by atoms with Gasteiger partial charge < -0.3 is 10.0 Å². The Labute approximate surface area is 196 Å². The van der Waals surface area contributed by atoms with Gasteiger partial charge in [0.1, 0.15) is 0 Å². The van der Waals surface area contributed by atoms with Crippen LogP contribution in [0.4, 0.5) is 0 Å². The minimum Gasteiger partial charge on any atom is -0.392 e. The molecule has 1 aliphatic heterocycles. The molecule has 0 radical (unpaired) electrons. The fourth-order valence-corrected chi connectivity index (χ4v) is 5.02. The summed E-state index contributed by atoms with van der Waals surface area (Å²) < 4.78 is 13.7. The van der Waals surface area contributed by atoms with Crippen LogP contribution in [0.25, 0.3) is 27.9 Å². The van der Waals surface area contributed by atoms with E-state index in [9.17, 15) is 9.32 Å². The molecule has 1 N–H and O–H groups in total. The van der Waals surface area contributed by atoms with Crippen molar-refractivity contribution in [3.63, 3.8) is 0 Å². The zero-order valence-corrected chi connectivity index (χ0v) is 19.5. The van der Waals surface area contributed by atoms with Gasteiger partial charge in [0.25, 0.3) is 0 Å². The average Bonchev–Trinajstić information content (AvgIpc) is 3.26. The Balaban J connectivity index is 1.32. The van der Waals surface area contributed by atoms with E-state index in [1.807, 2.05) is 42.9 Å². The second kappa shape index (κ2) is 9.55. The van der Waals surface area contributed by atoms with Crippen LogP contribution in [0.5, 0.6) is 0 Å². The van der Waals surface area contributed by atoms with Crippen molar-refractivity contribution in [3.8, 4) is 22.3 Å². The Kier molecular flexibility index (Phi) is 6.35. The van der Waals surface area contributed by atoms with Crippen LogP contribution < -0.4 is 0 Å². The van der Waals surface area contributed by atoms with Crippen LogP contribution in [-0.2, 0) is 17.2 Å². The molecule has 1 saturated heterocycles. The normalized spacial score (nSPS) is 17.9. The molecule has 2 atom stereocenters. The van der Waals surface area contributed by atoms with Gasteiger partial charge in [-0.05, 0) is 54.6 Å². The first kappa shape index (κ1) is 21.9. The summed E-state index contributed by atoms with van der Waals surface area (Å²) in [5.41, 5.74) is 6.06. The van der Waals surface area contributed by atoms with Crippen LogP contribution in [0.3, 0.4) is 0 Å². The van der Waals surface area contributed by atoms with E-state index in [-0.39, 0.29) is 6.10 Å². The number of hydrogen-bond acceptors (Lipinski definition) is 5. The topological polar surface area (TPSA) is 70.7 Å². The average molecular weight is 461 g/mol. The molecule has 170 valence electrons. The van der Waals surface area contributed by atoms with E-state index in [2.05, 4.69) is 39.2 Å². The monoisotopic (exact) mass is 460 g/mol. The first-order valence-electron chi connectivity index (χ1n) is 11.3. The third-order valence-electron chi connectivity index (χ3n) is 6.32. The van der Waals surface area contributed by atoms with E-state index in [0.717, 1.165) is 71.7 Å². The number of benzene rings is 2. The number of aromatic nitrogens is 3. The van der Waals surface area contributed by atoms with Gasteiger partial charge in [-0.15, -0.1) is 0 Å². The predicted octanol–water partition coefficient (Wildman–Crippen LogP) is 3.80. The van der Waals surface area contributed by atoms with Gasteiger partial charge >= 0.3 is 0 Å². The van der Waals surface area contributed by atoms with Gasteiger partial charge in [0.05, 0.1) is 12.3 Å². The molecule has 0 amide bonds. The summed E-state index contributed by atoms with van der Waals surface area (Å²) in [7, 11) is -1.03. The molecule has 3 heterocycles. The van der Waals surface area contributed by atoms with Crippen LogP contribution in [0.15, 0.2) is 72.0 Å². The highest BCUT2D eigenvalue weighted by Crippen LogP contribution is 2.27. The molecule has 2 unspecified atom stereocenters. The van der Waals surface area contributed by atoms with E-state index >= 15 is 0 Å². The number of rotatable bonds is 6. The maximum Gasteiger partial charge on any atom is 0.162 e. The highest BCUT2D eigenvalue weighted by Gasteiger charge is 2.17. The lowest BCUT2D eigenvalue weighted by Gasteiger charge is -2.29. The number of nitrogens with zero attached hydrogens (tertiary/aromatic N) is 4. The summed E-state index contributed by atoms with van der Waals surface area (Å²) in [4.78, 5) is 7.83. The van der Waals surface area contributed by atoms with Crippen LogP contribution in [0.2, 0.25) is 0 Å². The number of aliphatic hydroxyl groups excluding tert-OH is 1. The SMILES string of the molecule is CS(=O)c1cccc(-c2cnn3cc(-c4ccc(CCN5CCCC(O)C5)cc4)cnc23)c1. The molecular weight excluding hydrogens is 432 g/mol. The molecule has 5 rings (SSSR count). The maximum atomic E-state index is 11.9. The van der Waals surface area contributed by atoms with E-state index in [1.165, 1.54) is 5.56 Å². The van der Waals surface area contributed by atoms with E-state index in [4.69, 9.17) is 0 Å². The maximum absolute atomic E-state index is 11.9. The summed E-state index contributed by atoms with van der Waals surface area (Å²) >= 11 is 0. The Bertz CT molecular complexity index is 1290. The van der Waals surface area contributed by atoms with E-state index in [1.54, 1.807) is 10.8 Å². The zero-order chi connectivity index (χ0) is 22.8. The van der Waals surface area contributed by atoms with E-state index < -0.39 is 10.8 Å². The quantitative estimate of drug-likeness (QED) is 0.474. The third-order valence-corrected chi connectivity index (χ3v) is 7.24. The Morgan fingerprint density at radius 3 is 2.73 bits per heavy atom. The van der Waals surface area contributed by atoms with Crippen LogP contribution in [-0.4, -0.2) is 60.8 Å². The predicted molar refractivity (Wildman–Crippen MR) is 132 cm³/mol. The minimum absolute atomic E-state index is 0.175. The first-order chi connectivity index (χ1) is 16.1. The van der Waals surface area contributed by atoms with Gasteiger partial charge in [-0.25, -0.2) is 9.50 Å². The van der Waals surface area contributed by atoms with E-state index in [0.29, 0.717) is 0 Å². The van der Waals surface area contributed by atoms with Gasteiger partial charge in [0.2, 0.25) is 0 Å². The molecule has 0 aliphatic carbocycles. The number of β-amino-alcohol motifs (C(OH)–C–C–N with tert-alkyl or cyclic N) is 1. The third kappa shape index (κ3) is 4.90. The van der Waals surface area contributed by atoms with Crippen molar-refractivity contribution in [1.82, 2.24) is 19.5 Å². The molecule has 0 bridgehead atoms. The second-order valence-electron chi connectivity index (χ2n) is 8.69. The van der Waals surface area contributed by atoms with Crippen molar-refractivity contribution < 1.29 is 9.32 Å². The van der Waals surface area contributed by atoms with Gasteiger partial charge in [0.15, 0.2) is 5.65 Å². The highest BCUT2D eigenvalue weighted by molar-refractivity contribution is 7.84. The Morgan fingerprint density at radius 2 is 1.94 bits per heavy atom. The Morgan fingerprint density at radius 1 is 1.09 bits per heavy atom. The molecule has 6 nitrogen and oxygen atoms in total. The second-order valence-corrected chi connectivity index (χ2v) is 10.1. The molecule has 2 aromatic carbocycles.